The number of hydrogen-bond donors (Lipinski definition) is 2. The van der Waals surface area contributed by atoms with E-state index in [1.54, 1.807) is 53.6 Å². The van der Waals surface area contributed by atoms with Crippen LogP contribution in [0.1, 0.15) is 115 Å². The molecule has 2 N–H and O–H groups in total. The number of pyridine rings is 2. The molecule has 0 aliphatic carbocycles. The van der Waals surface area contributed by atoms with Gasteiger partial charge in [-0.1, -0.05) is 60.7 Å². The van der Waals surface area contributed by atoms with Crippen LogP contribution in [0, 0.1) is 5.41 Å². The average molecular weight is 1960 g/mol. The maximum atomic E-state index is 12.9. The Morgan fingerprint density at radius 1 is 0.561 bits per heavy atom. The Balaban J connectivity index is -0.000000461. The minimum Gasteiger partial charge on any atom is -0.464 e. The molecule has 2 aromatic heterocycles. The summed E-state index contributed by atoms with van der Waals surface area (Å²) in [5.74, 6) is 0.711. The van der Waals surface area contributed by atoms with E-state index in [0.29, 0.717) is 42.9 Å². The third-order valence-electron chi connectivity index (χ3n) is 21.5. The third kappa shape index (κ3) is 49.9. The number of ether oxygens (including phenoxy) is 6. The topological polar surface area (TPSA) is 239 Å². The van der Waals surface area contributed by atoms with Gasteiger partial charge >= 0.3 is 42.0 Å². The molecule has 760 valence electrons. The zero-order valence-corrected chi connectivity index (χ0v) is 93.6. The van der Waals surface area contributed by atoms with E-state index < -0.39 is 16.6 Å². The van der Waals surface area contributed by atoms with Crippen LogP contribution in [0.2, 0.25) is 0 Å². The number of rotatable bonds is 21. The molecule has 2 aromatic carbocycles. The number of quaternary nitrogens is 12. The fourth-order valence-corrected chi connectivity index (χ4v) is 15.3. The number of guanidine groups is 1. The standard InChI is InChI=1S/C20H26NO2.C12H19N2.C11H26N2O2.C11H24NO2.C10H15N2O2.C9H24N3.C9H13N2O2.C9H22N2O2.C7H16NO2.4ClH/c1-20(17-11-7-5-8-12-17,18-13-9-6-10-14-18)19(22)23-16-15-21(2,3)4;1-12(7-5-9-14(12,2)3)11-6-4-8-13-10-11;1-11(2,9-12(3,4)5)15-10(14)13(6,7)8;1-10(2)9(13)7-11(3,14-10)8-12(4,5)6;1-10(4-9(13)14-6-10)8-5-11-7-12(8,2)3;1-10(2)9(11(3,4)5)12(6,7)8;1-11(2,7-12)9(13)8-4-3-5-10-6-8;1-10(2,3)7-8-13-9(12)11(4,5)6;1-7(9)10-6-5-8(2,3)4;;;;/h5-14H,15-16H2,1-4H3;4,6,8,10H,5,7,9H2,1-3H3;9H2,1-8H3;9,13H,7-8H2,1-6H3;5,7H,4,6H2,1-3H3;1-8H3;3-6,12H,7H2,1-2H3;7-8H2,1-6H3;5-6H2,1-4H3;4*1H/q2*+1;+2;2*+1;+3;+1;+2;+1;;;;. The van der Waals surface area contributed by atoms with Crippen LogP contribution in [0.3, 0.4) is 0 Å². The van der Waals surface area contributed by atoms with Crippen LogP contribution >= 0.6 is 49.6 Å². The number of amides is 3. The van der Waals surface area contributed by atoms with Crippen molar-refractivity contribution in [2.24, 2.45) is 10.4 Å². The molecule has 0 saturated carbocycles. The minimum absolute atomic E-state index is 0. The number of aliphatic imine (C=N–C) groups is 1. The summed E-state index contributed by atoms with van der Waals surface area (Å²) in [5.41, 5.74) is 3.18. The van der Waals surface area contributed by atoms with Crippen LogP contribution in [0.15, 0.2) is 127 Å². The van der Waals surface area contributed by atoms with Crippen molar-refractivity contribution in [2.75, 3.05) is 319 Å². The smallest absolute Gasteiger partial charge is 0.464 e. The van der Waals surface area contributed by atoms with Crippen LogP contribution in [-0.2, 0) is 53.8 Å². The first-order valence-electron chi connectivity index (χ1n) is 44.3. The lowest BCUT2D eigenvalue weighted by molar-refractivity contribution is -0.937. The third-order valence-corrected chi connectivity index (χ3v) is 21.5. The second-order valence-electron chi connectivity index (χ2n) is 46.8. The average Bonchev–Trinajstić information content (AvgIpc) is 1.63. The summed E-state index contributed by atoms with van der Waals surface area (Å²) >= 11 is 0. The van der Waals surface area contributed by atoms with Gasteiger partial charge in [0.1, 0.15) is 95.5 Å². The Bertz CT molecular complexity index is 4130. The van der Waals surface area contributed by atoms with Gasteiger partial charge in [0.2, 0.25) is 0 Å². The SMILES string of the molecule is CC(=O)OCC[N+](C)(C)C.CC(C(=O)OCC[N+](C)(C)C)(c1ccccc1)c1ccccc1.CC(C)(C[N+](C)(C)C)OC(=O)[N+](C)(C)C.CC1(C2=CN=C[N+]2(C)C)COC(=O)C1.CC1(C[N+](C)(C)C)CC(O)C(C)(C)O1.CC1(c2cccnc2)CCC[N+]1(C)C.C[N+](C)(C)CCOC(=O)[N+](C)(C)C.C[N+](C)(CO)C(=O)c1cccnc1.C[N+](C)=C([N+](C)(C)C)[N+](C)(C)C.Cl.Cl.Cl.Cl. The van der Waals surface area contributed by atoms with Gasteiger partial charge < -0.3 is 65.5 Å². The molecule has 4 aromatic rings. The summed E-state index contributed by atoms with van der Waals surface area (Å²) in [6.07, 6.45) is 13.7. The van der Waals surface area contributed by atoms with Gasteiger partial charge in [0, 0.05) is 56.5 Å². The molecule has 0 spiro atoms. The summed E-state index contributed by atoms with van der Waals surface area (Å²) in [6.45, 7) is 24.8. The highest BCUT2D eigenvalue weighted by atomic mass is 35.5. The van der Waals surface area contributed by atoms with Crippen LogP contribution in [0.5, 0.6) is 0 Å². The molecule has 6 heterocycles. The number of esters is 3. The summed E-state index contributed by atoms with van der Waals surface area (Å²) in [4.78, 5) is 81.2. The minimum atomic E-state index is -0.798. The van der Waals surface area contributed by atoms with Crippen molar-refractivity contribution in [3.05, 3.63) is 144 Å². The highest BCUT2D eigenvalue weighted by Crippen LogP contribution is 2.43. The fourth-order valence-electron chi connectivity index (χ4n) is 15.3. The Morgan fingerprint density at radius 3 is 1.30 bits per heavy atom. The van der Waals surface area contributed by atoms with Crippen molar-refractivity contribution >= 4 is 97.9 Å². The predicted molar refractivity (Wildman–Crippen MR) is 544 cm³/mol. The normalized spacial score (nSPS) is 18.9. The number of nitrogens with zero attached hydrogens (tertiary/aromatic N) is 16. The van der Waals surface area contributed by atoms with Crippen LogP contribution < -0.4 is 0 Å². The maximum absolute atomic E-state index is 12.9. The molecule has 30 nitrogen and oxygen atoms in total. The molecule has 4 atom stereocenters. The number of aliphatic hydroxyl groups excluding tert-OH is 2. The van der Waals surface area contributed by atoms with E-state index in [2.05, 4.69) is 237 Å². The largest absolute Gasteiger partial charge is 0.531 e. The number of hydrogen-bond acceptors (Lipinski definition) is 17. The van der Waals surface area contributed by atoms with E-state index in [-0.39, 0.29) is 128 Å². The molecule has 4 aliphatic heterocycles. The second kappa shape index (κ2) is 53.9. The van der Waals surface area contributed by atoms with Gasteiger partial charge in [0.05, 0.1) is 274 Å². The summed E-state index contributed by atoms with van der Waals surface area (Å²) in [7, 11) is 71.6. The Labute approximate surface area is 824 Å². The number of aromatic nitrogens is 2. The lowest BCUT2D eigenvalue weighted by atomic mass is 9.76. The molecule has 0 bridgehead atoms. The Kier molecular flexibility index (Phi) is 54.7. The molecule has 0 radical (unpaired) electrons. The van der Waals surface area contributed by atoms with E-state index in [9.17, 15) is 33.9 Å². The molecular formula is C98H189Cl4N16O14+13. The number of halogens is 4. The number of aliphatic hydroxyl groups is 2. The molecule has 4 unspecified atom stereocenters. The predicted octanol–water partition coefficient (Wildman–Crippen LogP) is 11.4. The van der Waals surface area contributed by atoms with Crippen molar-refractivity contribution in [1.29, 1.82) is 0 Å². The molecule has 3 amide bonds. The molecule has 3 fully saturated rings. The molecule has 34 heteroatoms. The number of carbonyl (C=O) groups excluding carboxylic acids is 6. The van der Waals surface area contributed by atoms with Gasteiger partial charge in [-0.05, 0) is 90.8 Å². The van der Waals surface area contributed by atoms with E-state index in [0.717, 1.165) is 91.8 Å². The van der Waals surface area contributed by atoms with E-state index in [4.69, 9.17) is 33.5 Å². The quantitative estimate of drug-likeness (QED) is 0.0150. The summed E-state index contributed by atoms with van der Waals surface area (Å²) in [6, 6.07) is 27.3. The van der Waals surface area contributed by atoms with Crippen molar-refractivity contribution < 1.29 is 126 Å². The zero-order valence-electron chi connectivity index (χ0n) is 90.3. The van der Waals surface area contributed by atoms with Crippen LogP contribution in [0.25, 0.3) is 0 Å². The molecule has 4 aliphatic rings. The Hall–Kier alpha value is -6.60. The highest BCUT2D eigenvalue weighted by Gasteiger charge is 2.52. The first-order valence-corrected chi connectivity index (χ1v) is 44.3. The van der Waals surface area contributed by atoms with Gasteiger partial charge in [-0.25, -0.2) is 23.2 Å². The highest BCUT2D eigenvalue weighted by molar-refractivity contribution is 5.88. The van der Waals surface area contributed by atoms with Crippen LogP contribution in [-0.4, -0.2) is 469 Å². The van der Waals surface area contributed by atoms with Gasteiger partial charge in [-0.3, -0.25) is 28.8 Å². The second-order valence-corrected chi connectivity index (χ2v) is 46.8. The molecule has 8 rings (SSSR count). The fraction of sp³-hybridized carbons (Fsp3) is 0.673. The first kappa shape index (κ1) is 134. The maximum Gasteiger partial charge on any atom is 0.531 e. The van der Waals surface area contributed by atoms with Crippen molar-refractivity contribution in [2.45, 2.75) is 122 Å². The number of carbonyl (C=O) groups is 6. The lowest BCUT2D eigenvalue weighted by Crippen LogP contribution is -2.60. The van der Waals surface area contributed by atoms with Crippen molar-refractivity contribution in [3.63, 3.8) is 0 Å². The van der Waals surface area contributed by atoms with Crippen molar-refractivity contribution in [3.8, 4) is 0 Å². The van der Waals surface area contributed by atoms with Gasteiger partial charge in [-0.2, -0.15) is 18.6 Å². The van der Waals surface area contributed by atoms with Gasteiger partial charge in [0.25, 0.3) is 0 Å². The monoisotopic (exact) mass is 1950 g/mol. The number of cyclic esters (lactones) is 1. The first-order chi connectivity index (χ1) is 57.4. The summed E-state index contributed by atoms with van der Waals surface area (Å²) < 4.78 is 42.0. The number of benzene rings is 2. The van der Waals surface area contributed by atoms with E-state index >= 15 is 0 Å². The van der Waals surface area contributed by atoms with Crippen LogP contribution in [0.4, 0.5) is 9.59 Å². The number of likely N-dealkylation sites (N-methyl/N-ethyl adjacent to an activating group) is 5. The molecule has 3 saturated heterocycles. The molecule has 132 heavy (non-hydrogen) atoms. The lowest BCUT2D eigenvalue weighted by Gasteiger charge is -2.41. The van der Waals surface area contributed by atoms with Crippen molar-refractivity contribution in [1.82, 2.24) is 9.97 Å². The number of likely N-dealkylation sites (tertiary alicyclic amines) is 1. The van der Waals surface area contributed by atoms with Gasteiger partial charge in [0.15, 0.2) is 18.7 Å². The summed E-state index contributed by atoms with van der Waals surface area (Å²) in [5, 5.41) is 18.8. The zero-order chi connectivity index (χ0) is 100. The van der Waals surface area contributed by atoms with Gasteiger partial charge in [-0.15, -0.1) is 54.2 Å². The van der Waals surface area contributed by atoms with E-state index in [1.165, 1.54) is 44.0 Å². The Morgan fingerprint density at radius 2 is 0.992 bits per heavy atom. The van der Waals surface area contributed by atoms with E-state index in [1.807, 2.05) is 147 Å². The molecular weight excluding hydrogens is 1770 g/mol.